The molecule has 12 nitrogen and oxygen atoms in total. The van der Waals surface area contributed by atoms with Crippen molar-refractivity contribution in [3.8, 4) is 5.75 Å². The van der Waals surface area contributed by atoms with Crippen LogP contribution in [0.4, 0.5) is 11.6 Å². The lowest BCUT2D eigenvalue weighted by Crippen LogP contribution is -2.30. The Kier molecular flexibility index (Phi) is 5.84. The summed E-state index contributed by atoms with van der Waals surface area (Å²) in [7, 11) is 1.45. The molecule has 12 heteroatoms. The number of H-pyrrole nitrogens is 1. The van der Waals surface area contributed by atoms with Crippen LogP contribution in [0, 0.1) is 10.1 Å². The fraction of sp³-hybridized carbons (Fsp3) is 0.0769. The van der Waals surface area contributed by atoms with Gasteiger partial charge in [-0.3, -0.25) is 24.6 Å². The molecule has 0 bridgehead atoms. The molecule has 0 radical (unpaired) electrons. The summed E-state index contributed by atoms with van der Waals surface area (Å²) in [6.45, 7) is 0. The minimum atomic E-state index is -1.15. The minimum Gasteiger partial charge on any atom is -0.507 e. The molecular weight excluding hydrogens is 496 g/mol. The Balaban J connectivity index is 1.71. The number of methoxy groups -OCH3 is 1. The van der Waals surface area contributed by atoms with Gasteiger partial charge in [0.25, 0.3) is 11.5 Å². The molecule has 0 spiro atoms. The van der Waals surface area contributed by atoms with E-state index >= 15 is 0 Å². The Bertz CT molecular complexity index is 1670. The first-order valence-electron chi connectivity index (χ1n) is 11.1. The number of carboxylic acid groups (broad SMARTS) is 1. The molecule has 3 N–H and O–H groups in total. The standard InChI is InChI=1S/C26H18N4O8/c1-38-17-4-2-3-14(11-17)21-20(22(31)13-5-8-16(9-6-13)30(36)37)23(32)24(33)29(21)26-27-18-10-7-15(25(34)35)12-19(18)28-26/h2-12,21,31H,1H3,(H,27,28)(H,34,35)/b22-20+. The van der Waals surface area contributed by atoms with Crippen molar-refractivity contribution in [3.05, 3.63) is 99.1 Å². The fourth-order valence-electron chi connectivity index (χ4n) is 4.32. The van der Waals surface area contributed by atoms with E-state index in [1.165, 1.54) is 49.6 Å². The van der Waals surface area contributed by atoms with E-state index in [0.717, 1.165) is 4.90 Å². The highest BCUT2D eigenvalue weighted by molar-refractivity contribution is 6.51. The Morgan fingerprint density at radius 2 is 1.76 bits per heavy atom. The van der Waals surface area contributed by atoms with Gasteiger partial charge in [-0.1, -0.05) is 12.1 Å². The number of rotatable bonds is 6. The van der Waals surface area contributed by atoms with Crippen molar-refractivity contribution in [1.29, 1.82) is 0 Å². The number of aromatic nitrogens is 2. The van der Waals surface area contributed by atoms with Crippen LogP contribution in [0.3, 0.4) is 0 Å². The molecule has 2 heterocycles. The van der Waals surface area contributed by atoms with Crippen LogP contribution in [0.15, 0.2) is 72.3 Å². The third-order valence-corrected chi connectivity index (χ3v) is 6.15. The zero-order chi connectivity index (χ0) is 27.1. The number of non-ortho nitro benzene ring substituents is 1. The van der Waals surface area contributed by atoms with Crippen LogP contribution in [-0.2, 0) is 9.59 Å². The molecule has 1 atom stereocenters. The minimum absolute atomic E-state index is 0.00253. The van der Waals surface area contributed by atoms with E-state index in [0.29, 0.717) is 22.3 Å². The first kappa shape index (κ1) is 24.2. The number of aromatic carboxylic acids is 1. The van der Waals surface area contributed by atoms with Crippen LogP contribution in [0.25, 0.3) is 16.8 Å². The SMILES string of the molecule is COc1cccc(C2/C(=C(\O)c3ccc([N+](=O)[O-])cc3)C(=O)C(=O)N2c2nc3ccc(C(=O)O)cc3[nH]2)c1. The van der Waals surface area contributed by atoms with Gasteiger partial charge in [0.1, 0.15) is 11.5 Å². The van der Waals surface area contributed by atoms with Crippen molar-refractivity contribution in [2.75, 3.05) is 12.0 Å². The van der Waals surface area contributed by atoms with Crippen molar-refractivity contribution in [2.24, 2.45) is 0 Å². The zero-order valence-electron chi connectivity index (χ0n) is 19.6. The number of nitro benzene ring substituents is 1. The zero-order valence-corrected chi connectivity index (χ0v) is 19.6. The number of Topliss-reactive ketones (excluding diaryl/α,β-unsaturated/α-hetero) is 1. The molecule has 1 aliphatic heterocycles. The quantitative estimate of drug-likeness (QED) is 0.114. The lowest BCUT2D eigenvalue weighted by atomic mass is 9.95. The summed E-state index contributed by atoms with van der Waals surface area (Å²) < 4.78 is 5.30. The average molecular weight is 514 g/mol. The first-order valence-corrected chi connectivity index (χ1v) is 11.1. The molecule has 190 valence electrons. The molecule has 38 heavy (non-hydrogen) atoms. The number of fused-ring (bicyclic) bond motifs is 1. The summed E-state index contributed by atoms with van der Waals surface area (Å²) in [5.41, 5.74) is 0.708. The second-order valence-corrected chi connectivity index (χ2v) is 8.35. The van der Waals surface area contributed by atoms with Crippen LogP contribution >= 0.6 is 0 Å². The van der Waals surface area contributed by atoms with Gasteiger partial charge in [-0.2, -0.15) is 0 Å². The molecule has 0 saturated carbocycles. The van der Waals surface area contributed by atoms with E-state index < -0.39 is 34.4 Å². The second-order valence-electron chi connectivity index (χ2n) is 8.35. The third kappa shape index (κ3) is 3.99. The maximum Gasteiger partial charge on any atom is 0.335 e. The van der Waals surface area contributed by atoms with E-state index in [1.54, 1.807) is 24.3 Å². The van der Waals surface area contributed by atoms with Crippen LogP contribution < -0.4 is 9.64 Å². The van der Waals surface area contributed by atoms with Crippen LogP contribution in [-0.4, -0.2) is 49.9 Å². The second kappa shape index (κ2) is 9.17. The van der Waals surface area contributed by atoms with Gasteiger partial charge in [-0.05, 0) is 48.0 Å². The van der Waals surface area contributed by atoms with Crippen molar-refractivity contribution in [1.82, 2.24) is 9.97 Å². The number of nitrogens with zero attached hydrogens (tertiary/aromatic N) is 3. The molecule has 5 rings (SSSR count). The smallest absolute Gasteiger partial charge is 0.335 e. The Hall–Kier alpha value is -5.52. The number of aliphatic hydroxyl groups excluding tert-OH is 1. The number of carbonyl (C=O) groups is 3. The number of ketones is 1. The summed E-state index contributed by atoms with van der Waals surface area (Å²) in [5.74, 6) is -3.28. The van der Waals surface area contributed by atoms with Crippen molar-refractivity contribution < 1.29 is 34.3 Å². The summed E-state index contributed by atoms with van der Waals surface area (Å²) in [4.78, 5) is 56.8. The normalized spacial score (nSPS) is 16.7. The van der Waals surface area contributed by atoms with Gasteiger partial charge in [0.2, 0.25) is 5.95 Å². The van der Waals surface area contributed by atoms with E-state index in [-0.39, 0.29) is 28.3 Å². The number of nitrogens with one attached hydrogen (secondary N) is 1. The van der Waals surface area contributed by atoms with Crippen molar-refractivity contribution in [2.45, 2.75) is 6.04 Å². The number of nitro groups is 1. The number of carboxylic acids is 1. The Morgan fingerprint density at radius 3 is 2.42 bits per heavy atom. The number of benzene rings is 3. The number of ether oxygens (including phenoxy) is 1. The number of carbonyl (C=O) groups excluding carboxylic acids is 2. The molecule has 1 saturated heterocycles. The largest absolute Gasteiger partial charge is 0.507 e. The molecular formula is C26H18N4O8. The van der Waals surface area contributed by atoms with E-state index in [2.05, 4.69) is 9.97 Å². The predicted molar refractivity (Wildman–Crippen MR) is 134 cm³/mol. The van der Waals surface area contributed by atoms with Gasteiger partial charge < -0.3 is 19.9 Å². The highest BCUT2D eigenvalue weighted by Crippen LogP contribution is 2.42. The number of anilines is 1. The molecule has 1 amide bonds. The van der Waals surface area contributed by atoms with Gasteiger partial charge >= 0.3 is 11.9 Å². The molecule has 1 fully saturated rings. The monoisotopic (exact) mass is 514 g/mol. The summed E-state index contributed by atoms with van der Waals surface area (Å²) in [6.07, 6.45) is 0. The molecule has 3 aromatic carbocycles. The number of aromatic amines is 1. The first-order chi connectivity index (χ1) is 18.2. The number of hydrogen-bond donors (Lipinski definition) is 3. The van der Waals surface area contributed by atoms with Crippen molar-refractivity contribution in [3.63, 3.8) is 0 Å². The summed E-state index contributed by atoms with van der Waals surface area (Å²) in [6, 6.07) is 14.5. The Labute approximate surface area is 213 Å². The lowest BCUT2D eigenvalue weighted by Gasteiger charge is -2.23. The van der Waals surface area contributed by atoms with E-state index in [4.69, 9.17) is 4.74 Å². The van der Waals surface area contributed by atoms with Crippen LogP contribution in [0.1, 0.15) is 27.5 Å². The van der Waals surface area contributed by atoms with Gasteiger partial charge in [-0.25, -0.2) is 9.78 Å². The van der Waals surface area contributed by atoms with Gasteiger partial charge in [0.15, 0.2) is 0 Å². The lowest BCUT2D eigenvalue weighted by molar-refractivity contribution is -0.384. The number of aliphatic hydroxyl groups is 1. The highest BCUT2D eigenvalue weighted by atomic mass is 16.6. The van der Waals surface area contributed by atoms with Gasteiger partial charge in [-0.15, -0.1) is 0 Å². The maximum atomic E-state index is 13.3. The Morgan fingerprint density at radius 1 is 1.05 bits per heavy atom. The summed E-state index contributed by atoms with van der Waals surface area (Å²) >= 11 is 0. The molecule has 1 unspecified atom stereocenters. The number of amides is 1. The van der Waals surface area contributed by atoms with Crippen molar-refractivity contribution >= 4 is 46.1 Å². The van der Waals surface area contributed by atoms with Gasteiger partial charge in [0, 0.05) is 17.7 Å². The van der Waals surface area contributed by atoms with Crippen LogP contribution in [0.5, 0.6) is 5.75 Å². The molecule has 0 aliphatic carbocycles. The fourth-order valence-corrected chi connectivity index (χ4v) is 4.32. The highest BCUT2D eigenvalue weighted by Gasteiger charge is 2.48. The summed E-state index contributed by atoms with van der Waals surface area (Å²) in [5, 5.41) is 31.5. The number of hydrogen-bond acceptors (Lipinski definition) is 8. The van der Waals surface area contributed by atoms with E-state index in [9.17, 15) is 34.7 Å². The topological polar surface area (TPSA) is 176 Å². The van der Waals surface area contributed by atoms with Crippen LogP contribution in [0.2, 0.25) is 0 Å². The van der Waals surface area contributed by atoms with E-state index in [1.807, 2.05) is 0 Å². The molecule has 1 aliphatic rings. The molecule has 4 aromatic rings. The average Bonchev–Trinajstić information content (AvgIpc) is 3.45. The van der Waals surface area contributed by atoms with Gasteiger partial charge in [0.05, 0.1) is 40.2 Å². The number of imidazole rings is 1. The third-order valence-electron chi connectivity index (χ3n) is 6.15. The predicted octanol–water partition coefficient (Wildman–Crippen LogP) is 3.80. The maximum absolute atomic E-state index is 13.3. The molecule has 1 aromatic heterocycles.